The molecule has 1 aromatic heterocycles. The van der Waals surface area contributed by atoms with Gasteiger partial charge in [0.15, 0.2) is 0 Å². The van der Waals surface area contributed by atoms with Crippen LogP contribution in [0.15, 0.2) is 12.3 Å². The zero-order valence-electron chi connectivity index (χ0n) is 10.9. The van der Waals surface area contributed by atoms with Gasteiger partial charge < -0.3 is 0 Å². The van der Waals surface area contributed by atoms with Crippen LogP contribution in [-0.4, -0.2) is 4.98 Å². The summed E-state index contributed by atoms with van der Waals surface area (Å²) in [6.07, 6.45) is 7.25. The minimum Gasteiger partial charge on any atom is -0.261 e. The normalized spacial score (nSPS) is 12.6. The first-order chi connectivity index (χ1) is 7.36. The summed E-state index contributed by atoms with van der Waals surface area (Å²) in [5.41, 5.74) is 4.16. The van der Waals surface area contributed by atoms with Crippen molar-refractivity contribution in [3.63, 3.8) is 0 Å². The standard InChI is InChI=1S/C10H13N.2C2H6/c1-8-6-9-4-2-3-5-10(9)7-11-8;2*1-2/h6-7H,2-5H2,1H3;2*1-2H3. The SMILES string of the molecule is CC.CC.Cc1cc2c(cn1)CCCC2. The van der Waals surface area contributed by atoms with E-state index in [4.69, 9.17) is 0 Å². The van der Waals surface area contributed by atoms with Crippen LogP contribution in [0.5, 0.6) is 0 Å². The first-order valence-corrected chi connectivity index (χ1v) is 6.30. The summed E-state index contributed by atoms with van der Waals surface area (Å²) < 4.78 is 0. The molecule has 0 saturated carbocycles. The zero-order chi connectivity index (χ0) is 11.7. The molecule has 0 N–H and O–H groups in total. The molecular formula is C14H25N. The van der Waals surface area contributed by atoms with Crippen LogP contribution < -0.4 is 0 Å². The summed E-state index contributed by atoms with van der Waals surface area (Å²) in [5.74, 6) is 0. The number of nitrogens with zero attached hydrogens (tertiary/aromatic N) is 1. The smallest absolute Gasteiger partial charge is 0.0375 e. The van der Waals surface area contributed by atoms with E-state index in [1.165, 1.54) is 36.8 Å². The molecule has 1 aliphatic carbocycles. The second kappa shape index (κ2) is 8.46. The van der Waals surface area contributed by atoms with E-state index in [9.17, 15) is 0 Å². The van der Waals surface area contributed by atoms with Gasteiger partial charge in [-0.1, -0.05) is 27.7 Å². The van der Waals surface area contributed by atoms with E-state index in [1.807, 2.05) is 33.9 Å². The Morgan fingerprint density at radius 1 is 0.933 bits per heavy atom. The quantitative estimate of drug-likeness (QED) is 0.617. The lowest BCUT2D eigenvalue weighted by Gasteiger charge is -2.14. The Labute approximate surface area is 94.9 Å². The molecule has 0 amide bonds. The Morgan fingerprint density at radius 2 is 1.47 bits per heavy atom. The van der Waals surface area contributed by atoms with Crippen molar-refractivity contribution in [2.75, 3.05) is 0 Å². The van der Waals surface area contributed by atoms with E-state index < -0.39 is 0 Å². The molecule has 0 saturated heterocycles. The van der Waals surface area contributed by atoms with Gasteiger partial charge in [0.05, 0.1) is 0 Å². The highest BCUT2D eigenvalue weighted by Crippen LogP contribution is 2.20. The minimum atomic E-state index is 1.16. The van der Waals surface area contributed by atoms with Crippen LogP contribution in [0, 0.1) is 6.92 Å². The van der Waals surface area contributed by atoms with Crippen LogP contribution in [0.3, 0.4) is 0 Å². The third kappa shape index (κ3) is 4.46. The van der Waals surface area contributed by atoms with Crippen LogP contribution in [0.25, 0.3) is 0 Å². The molecule has 86 valence electrons. The van der Waals surface area contributed by atoms with Crippen LogP contribution >= 0.6 is 0 Å². The van der Waals surface area contributed by atoms with Crippen molar-refractivity contribution in [3.8, 4) is 0 Å². The molecule has 0 spiro atoms. The Balaban J connectivity index is 0.000000442. The van der Waals surface area contributed by atoms with Crippen molar-refractivity contribution >= 4 is 0 Å². The van der Waals surface area contributed by atoms with Gasteiger partial charge in [0.25, 0.3) is 0 Å². The summed E-state index contributed by atoms with van der Waals surface area (Å²) in [6, 6.07) is 2.23. The maximum Gasteiger partial charge on any atom is 0.0375 e. The zero-order valence-corrected chi connectivity index (χ0v) is 10.9. The molecule has 1 heteroatoms. The van der Waals surface area contributed by atoms with Gasteiger partial charge in [0, 0.05) is 11.9 Å². The highest BCUT2D eigenvalue weighted by molar-refractivity contribution is 5.28. The molecule has 0 atom stereocenters. The third-order valence-corrected chi connectivity index (χ3v) is 2.36. The van der Waals surface area contributed by atoms with E-state index in [1.54, 1.807) is 0 Å². The summed E-state index contributed by atoms with van der Waals surface area (Å²) in [4.78, 5) is 4.29. The lowest BCUT2D eigenvalue weighted by Crippen LogP contribution is -2.03. The first-order valence-electron chi connectivity index (χ1n) is 6.30. The Hall–Kier alpha value is -0.850. The average molecular weight is 207 g/mol. The molecule has 15 heavy (non-hydrogen) atoms. The van der Waals surface area contributed by atoms with E-state index in [0.717, 1.165) is 5.69 Å². The largest absolute Gasteiger partial charge is 0.261 e. The van der Waals surface area contributed by atoms with Crippen LogP contribution in [0.1, 0.15) is 57.4 Å². The third-order valence-electron chi connectivity index (χ3n) is 2.36. The predicted molar refractivity (Wildman–Crippen MR) is 68.3 cm³/mol. The maximum atomic E-state index is 4.29. The highest BCUT2D eigenvalue weighted by atomic mass is 14.7. The second-order valence-corrected chi connectivity index (χ2v) is 3.30. The monoisotopic (exact) mass is 207 g/mol. The lowest BCUT2D eigenvalue weighted by molar-refractivity contribution is 0.680. The molecule has 2 rings (SSSR count). The number of hydrogen-bond donors (Lipinski definition) is 0. The van der Waals surface area contributed by atoms with Crippen molar-refractivity contribution < 1.29 is 0 Å². The van der Waals surface area contributed by atoms with Gasteiger partial charge in [-0.25, -0.2) is 0 Å². The molecule has 1 aromatic rings. The van der Waals surface area contributed by atoms with Gasteiger partial charge in [-0.15, -0.1) is 0 Å². The van der Waals surface area contributed by atoms with Crippen LogP contribution in [-0.2, 0) is 12.8 Å². The van der Waals surface area contributed by atoms with E-state index in [-0.39, 0.29) is 0 Å². The lowest BCUT2D eigenvalue weighted by atomic mass is 9.93. The number of rotatable bonds is 0. The molecule has 0 unspecified atom stereocenters. The number of pyridine rings is 1. The topological polar surface area (TPSA) is 12.9 Å². The van der Waals surface area contributed by atoms with Crippen molar-refractivity contribution in [2.24, 2.45) is 0 Å². The molecule has 1 heterocycles. The molecule has 0 aliphatic heterocycles. The summed E-state index contributed by atoms with van der Waals surface area (Å²) in [5, 5.41) is 0. The highest BCUT2D eigenvalue weighted by Gasteiger charge is 2.08. The molecule has 1 aliphatic rings. The fraction of sp³-hybridized carbons (Fsp3) is 0.643. The molecule has 0 fully saturated rings. The second-order valence-electron chi connectivity index (χ2n) is 3.30. The van der Waals surface area contributed by atoms with Crippen molar-refractivity contribution in [3.05, 3.63) is 29.1 Å². The summed E-state index contributed by atoms with van der Waals surface area (Å²) in [7, 11) is 0. The fourth-order valence-corrected chi connectivity index (χ4v) is 1.73. The van der Waals surface area contributed by atoms with Crippen molar-refractivity contribution in [1.82, 2.24) is 4.98 Å². The van der Waals surface area contributed by atoms with Gasteiger partial charge in [0.2, 0.25) is 0 Å². The first kappa shape index (κ1) is 14.2. The van der Waals surface area contributed by atoms with Gasteiger partial charge in [-0.05, 0) is 49.8 Å². The Kier molecular flexibility index (Phi) is 7.98. The Morgan fingerprint density at radius 3 is 2.07 bits per heavy atom. The van der Waals surface area contributed by atoms with Gasteiger partial charge in [0.1, 0.15) is 0 Å². The summed E-state index contributed by atoms with van der Waals surface area (Å²) in [6.45, 7) is 10.1. The van der Waals surface area contributed by atoms with Crippen molar-refractivity contribution in [2.45, 2.75) is 60.3 Å². The van der Waals surface area contributed by atoms with E-state index >= 15 is 0 Å². The van der Waals surface area contributed by atoms with Crippen molar-refractivity contribution in [1.29, 1.82) is 0 Å². The number of aromatic nitrogens is 1. The summed E-state index contributed by atoms with van der Waals surface area (Å²) >= 11 is 0. The molecule has 0 radical (unpaired) electrons. The van der Waals surface area contributed by atoms with E-state index in [2.05, 4.69) is 18.0 Å². The Bertz CT molecular complexity index is 266. The van der Waals surface area contributed by atoms with Crippen LogP contribution in [0.2, 0.25) is 0 Å². The molecule has 0 aromatic carbocycles. The predicted octanol–water partition coefficient (Wildman–Crippen LogP) is 4.32. The van der Waals surface area contributed by atoms with E-state index in [0.29, 0.717) is 0 Å². The van der Waals surface area contributed by atoms with Crippen LogP contribution in [0.4, 0.5) is 0 Å². The molecule has 0 bridgehead atoms. The fourth-order valence-electron chi connectivity index (χ4n) is 1.73. The minimum absolute atomic E-state index is 1.16. The molecular weight excluding hydrogens is 182 g/mol. The van der Waals surface area contributed by atoms with Gasteiger partial charge in [-0.3, -0.25) is 4.98 Å². The number of aryl methyl sites for hydroxylation is 3. The molecule has 1 nitrogen and oxygen atoms in total. The number of hydrogen-bond acceptors (Lipinski definition) is 1. The average Bonchev–Trinajstić information content (AvgIpc) is 2.34. The number of fused-ring (bicyclic) bond motifs is 1. The maximum absolute atomic E-state index is 4.29. The van der Waals surface area contributed by atoms with Gasteiger partial charge in [-0.2, -0.15) is 0 Å². The van der Waals surface area contributed by atoms with Gasteiger partial charge >= 0.3 is 0 Å².